The summed E-state index contributed by atoms with van der Waals surface area (Å²) in [6.07, 6.45) is 2.38. The van der Waals surface area contributed by atoms with Crippen LogP contribution in [-0.4, -0.2) is 36.6 Å². The van der Waals surface area contributed by atoms with Crippen LogP contribution in [0, 0.1) is 0 Å². The highest BCUT2D eigenvalue weighted by Crippen LogP contribution is 2.29. The van der Waals surface area contributed by atoms with Gasteiger partial charge in [-0.15, -0.1) is 0 Å². The van der Waals surface area contributed by atoms with Gasteiger partial charge in [0.05, 0.1) is 12.5 Å². The molecular formula is C21H24ClNO3. The van der Waals surface area contributed by atoms with Crippen LogP contribution in [-0.2, 0) is 13.8 Å². The number of carbonyl (C=O) groups is 1. The van der Waals surface area contributed by atoms with Crippen molar-refractivity contribution < 1.29 is 13.8 Å². The SMILES string of the molecule is O=C(CCN1CCC(OC(c2ccccc2)c2ccccc2)CC1)OCl. The molecule has 0 N–H and O–H groups in total. The number of benzene rings is 2. The highest BCUT2D eigenvalue weighted by molar-refractivity contribution is 6.13. The van der Waals surface area contributed by atoms with Crippen LogP contribution < -0.4 is 0 Å². The summed E-state index contributed by atoms with van der Waals surface area (Å²) in [5.74, 6) is -0.377. The van der Waals surface area contributed by atoms with Gasteiger partial charge in [-0.1, -0.05) is 60.7 Å². The number of hydrogen-bond donors (Lipinski definition) is 0. The predicted molar refractivity (Wildman–Crippen MR) is 102 cm³/mol. The van der Waals surface area contributed by atoms with Gasteiger partial charge in [0, 0.05) is 19.6 Å². The number of piperidine rings is 1. The largest absolute Gasteiger partial charge is 0.365 e. The van der Waals surface area contributed by atoms with E-state index in [0.717, 1.165) is 25.9 Å². The maximum absolute atomic E-state index is 11.2. The lowest BCUT2D eigenvalue weighted by Crippen LogP contribution is -2.38. The molecule has 0 radical (unpaired) electrons. The Morgan fingerprint density at radius 1 is 1.00 bits per heavy atom. The Bertz CT molecular complexity index is 633. The number of hydrogen-bond acceptors (Lipinski definition) is 4. The normalized spacial score (nSPS) is 15.9. The first kappa shape index (κ1) is 18.9. The molecule has 1 heterocycles. The number of likely N-dealkylation sites (tertiary alicyclic amines) is 1. The quantitative estimate of drug-likeness (QED) is 0.723. The number of rotatable bonds is 7. The van der Waals surface area contributed by atoms with Gasteiger partial charge in [0.15, 0.2) is 0 Å². The van der Waals surface area contributed by atoms with Crippen LogP contribution in [0.2, 0.25) is 0 Å². The molecule has 5 heteroatoms. The predicted octanol–water partition coefficient (Wildman–Crippen LogP) is 4.34. The van der Waals surface area contributed by atoms with Gasteiger partial charge in [-0.05, 0) is 24.0 Å². The average Bonchev–Trinajstić information content (AvgIpc) is 2.72. The minimum absolute atomic E-state index is 0.0554. The molecule has 1 fully saturated rings. The van der Waals surface area contributed by atoms with Crippen molar-refractivity contribution in [2.24, 2.45) is 0 Å². The first-order valence-electron chi connectivity index (χ1n) is 9.05. The second-order valence-electron chi connectivity index (χ2n) is 6.58. The van der Waals surface area contributed by atoms with E-state index in [1.807, 2.05) is 36.4 Å². The summed E-state index contributed by atoms with van der Waals surface area (Å²) in [4.78, 5) is 13.4. The summed E-state index contributed by atoms with van der Waals surface area (Å²) in [5, 5.41) is 0. The van der Waals surface area contributed by atoms with Crippen molar-refractivity contribution >= 4 is 17.8 Å². The van der Waals surface area contributed by atoms with E-state index in [1.54, 1.807) is 0 Å². The van der Waals surface area contributed by atoms with Gasteiger partial charge in [0.25, 0.3) is 0 Å². The Labute approximate surface area is 159 Å². The van der Waals surface area contributed by atoms with Gasteiger partial charge in [-0.3, -0.25) is 4.79 Å². The summed E-state index contributed by atoms with van der Waals surface area (Å²) in [7, 11) is 0. The van der Waals surface area contributed by atoms with Gasteiger partial charge < -0.3 is 13.9 Å². The molecule has 0 aromatic heterocycles. The third-order valence-electron chi connectivity index (χ3n) is 4.79. The number of halogens is 1. The number of carbonyl (C=O) groups excluding carboxylic acids is 1. The standard InChI is InChI=1S/C21H24ClNO3/c22-26-20(24)13-16-23-14-11-19(12-15-23)25-21(17-7-3-1-4-8-17)18-9-5-2-6-10-18/h1-10,19,21H,11-16H2. The van der Waals surface area contributed by atoms with Crippen LogP contribution in [0.15, 0.2) is 60.7 Å². The maximum atomic E-state index is 11.2. The van der Waals surface area contributed by atoms with Gasteiger partial charge >= 0.3 is 5.97 Å². The molecule has 0 saturated carbocycles. The van der Waals surface area contributed by atoms with Crippen LogP contribution in [0.3, 0.4) is 0 Å². The lowest BCUT2D eigenvalue weighted by molar-refractivity contribution is -0.134. The van der Waals surface area contributed by atoms with Crippen LogP contribution in [0.4, 0.5) is 0 Å². The van der Waals surface area contributed by atoms with Crippen molar-refractivity contribution in [1.29, 1.82) is 0 Å². The zero-order valence-corrected chi connectivity index (χ0v) is 15.5. The molecule has 0 bridgehead atoms. The van der Waals surface area contributed by atoms with Crippen molar-refractivity contribution in [2.75, 3.05) is 19.6 Å². The average molecular weight is 374 g/mol. The van der Waals surface area contributed by atoms with Crippen LogP contribution in [0.5, 0.6) is 0 Å². The summed E-state index contributed by atoms with van der Waals surface area (Å²) in [6.45, 7) is 2.51. The van der Waals surface area contributed by atoms with Crippen molar-refractivity contribution in [3.8, 4) is 0 Å². The van der Waals surface area contributed by atoms with Gasteiger partial charge in [0.2, 0.25) is 0 Å². The maximum Gasteiger partial charge on any atom is 0.326 e. The minimum atomic E-state index is -0.377. The third-order valence-corrected chi connectivity index (χ3v) is 4.96. The highest BCUT2D eigenvalue weighted by atomic mass is 35.5. The monoisotopic (exact) mass is 373 g/mol. The van der Waals surface area contributed by atoms with E-state index in [-0.39, 0.29) is 18.2 Å². The van der Waals surface area contributed by atoms with E-state index >= 15 is 0 Å². The molecule has 0 atom stereocenters. The van der Waals surface area contributed by atoms with Gasteiger partial charge in [-0.2, -0.15) is 0 Å². The molecular weight excluding hydrogens is 350 g/mol. The second kappa shape index (κ2) is 9.72. The lowest BCUT2D eigenvalue weighted by atomic mass is 10.00. The fourth-order valence-electron chi connectivity index (χ4n) is 3.35. The molecule has 26 heavy (non-hydrogen) atoms. The summed E-state index contributed by atoms with van der Waals surface area (Å²) in [5.41, 5.74) is 2.34. The third kappa shape index (κ3) is 5.31. The van der Waals surface area contributed by atoms with Crippen LogP contribution in [0.1, 0.15) is 36.5 Å². The molecule has 3 rings (SSSR count). The fourth-order valence-corrected chi connectivity index (χ4v) is 3.43. The van der Waals surface area contributed by atoms with E-state index in [2.05, 4.69) is 33.5 Å². The fraction of sp³-hybridized carbons (Fsp3) is 0.381. The topological polar surface area (TPSA) is 38.8 Å². The van der Waals surface area contributed by atoms with E-state index in [9.17, 15) is 4.79 Å². The number of nitrogens with zero attached hydrogens (tertiary/aromatic N) is 1. The molecule has 2 aromatic rings. The first-order valence-corrected chi connectivity index (χ1v) is 9.36. The minimum Gasteiger partial charge on any atom is -0.365 e. The first-order chi connectivity index (χ1) is 12.8. The summed E-state index contributed by atoms with van der Waals surface area (Å²) in [6, 6.07) is 20.7. The molecule has 0 spiro atoms. The molecule has 138 valence electrons. The number of ether oxygens (including phenoxy) is 1. The Morgan fingerprint density at radius 3 is 2.04 bits per heavy atom. The van der Waals surface area contributed by atoms with Gasteiger partial charge in [0.1, 0.15) is 18.0 Å². The van der Waals surface area contributed by atoms with E-state index < -0.39 is 0 Å². The van der Waals surface area contributed by atoms with Crippen molar-refractivity contribution in [1.82, 2.24) is 4.90 Å². The van der Waals surface area contributed by atoms with Crippen molar-refractivity contribution in [2.45, 2.75) is 31.5 Å². The van der Waals surface area contributed by atoms with E-state index in [1.165, 1.54) is 11.1 Å². The molecule has 1 aliphatic heterocycles. The molecule has 4 nitrogen and oxygen atoms in total. The summed E-state index contributed by atoms with van der Waals surface area (Å²) >= 11 is 5.08. The van der Waals surface area contributed by atoms with Crippen LogP contribution in [0.25, 0.3) is 0 Å². The van der Waals surface area contributed by atoms with Crippen LogP contribution >= 0.6 is 11.9 Å². The smallest absolute Gasteiger partial charge is 0.326 e. The Kier molecular flexibility index (Phi) is 7.06. The molecule has 0 amide bonds. The van der Waals surface area contributed by atoms with E-state index in [0.29, 0.717) is 13.0 Å². The Morgan fingerprint density at radius 2 is 1.54 bits per heavy atom. The Hall–Kier alpha value is -1.88. The Balaban J connectivity index is 1.60. The summed E-state index contributed by atoms with van der Waals surface area (Å²) < 4.78 is 10.7. The lowest BCUT2D eigenvalue weighted by Gasteiger charge is -2.34. The molecule has 1 aliphatic rings. The van der Waals surface area contributed by atoms with E-state index in [4.69, 9.17) is 16.6 Å². The highest BCUT2D eigenvalue weighted by Gasteiger charge is 2.25. The zero-order chi connectivity index (χ0) is 18.2. The molecule has 2 aromatic carbocycles. The van der Waals surface area contributed by atoms with Gasteiger partial charge in [-0.25, -0.2) is 0 Å². The van der Waals surface area contributed by atoms with Crippen molar-refractivity contribution in [3.63, 3.8) is 0 Å². The molecule has 0 aliphatic carbocycles. The molecule has 1 saturated heterocycles. The zero-order valence-electron chi connectivity index (χ0n) is 14.7. The second-order valence-corrected chi connectivity index (χ2v) is 6.73. The molecule has 0 unspecified atom stereocenters. The van der Waals surface area contributed by atoms with Crippen molar-refractivity contribution in [3.05, 3.63) is 71.8 Å².